The van der Waals surface area contributed by atoms with E-state index in [1.54, 1.807) is 25.1 Å². The second-order valence-electron chi connectivity index (χ2n) is 6.44. The molecule has 0 saturated heterocycles. The molecular weight excluding hydrogens is 352 g/mol. The van der Waals surface area contributed by atoms with E-state index in [0.717, 1.165) is 23.4 Å². The van der Waals surface area contributed by atoms with Crippen LogP contribution in [0, 0.1) is 0 Å². The van der Waals surface area contributed by atoms with Gasteiger partial charge in [0.15, 0.2) is 0 Å². The molecule has 6 heteroatoms. The van der Waals surface area contributed by atoms with Crippen molar-refractivity contribution in [2.75, 3.05) is 17.3 Å². The molecule has 2 atom stereocenters. The lowest BCUT2D eigenvalue weighted by molar-refractivity contribution is -0.117. The van der Waals surface area contributed by atoms with E-state index in [1.165, 1.54) is 7.11 Å². The zero-order valence-corrected chi connectivity index (χ0v) is 15.7. The number of hydrogen-bond acceptors (Lipinski definition) is 4. The van der Waals surface area contributed by atoms with Crippen molar-refractivity contribution in [3.05, 3.63) is 58.6 Å². The molecule has 0 saturated carbocycles. The summed E-state index contributed by atoms with van der Waals surface area (Å²) in [4.78, 5) is 25.5. The molecule has 2 aromatic rings. The first-order valence-electron chi connectivity index (χ1n) is 8.45. The fourth-order valence-corrected chi connectivity index (χ4v) is 3.65. The fourth-order valence-electron chi connectivity index (χ4n) is 3.47. The fraction of sp³-hybridized carbons (Fsp3) is 0.300. The molecule has 0 radical (unpaired) electrons. The lowest BCUT2D eigenvalue weighted by Gasteiger charge is -2.39. The molecule has 136 valence electrons. The topological polar surface area (TPSA) is 58.6 Å². The third kappa shape index (κ3) is 3.53. The number of anilines is 2. The molecule has 1 amide bonds. The summed E-state index contributed by atoms with van der Waals surface area (Å²) in [5.41, 5.74) is 3.26. The summed E-state index contributed by atoms with van der Waals surface area (Å²) in [5.74, 6) is -0.348. The Kier molecular flexibility index (Phi) is 5.18. The van der Waals surface area contributed by atoms with Crippen molar-refractivity contribution >= 4 is 34.9 Å². The second-order valence-corrected chi connectivity index (χ2v) is 6.88. The SMILES string of the molecule is COC(=O)c1ccc(N[C@H]2C[C@@H](C)N(C(C)=O)c3ccc(Cl)cc32)cc1. The lowest BCUT2D eigenvalue weighted by Crippen LogP contribution is -2.43. The van der Waals surface area contributed by atoms with E-state index >= 15 is 0 Å². The predicted molar refractivity (Wildman–Crippen MR) is 103 cm³/mol. The van der Waals surface area contributed by atoms with Crippen molar-refractivity contribution in [1.82, 2.24) is 0 Å². The number of nitrogens with one attached hydrogen (secondary N) is 1. The molecule has 0 aromatic heterocycles. The number of ether oxygens (including phenoxy) is 1. The van der Waals surface area contributed by atoms with E-state index in [4.69, 9.17) is 16.3 Å². The summed E-state index contributed by atoms with van der Waals surface area (Å²) in [7, 11) is 1.36. The molecule has 3 rings (SSSR count). The molecule has 0 spiro atoms. The Morgan fingerprint density at radius 3 is 2.50 bits per heavy atom. The summed E-state index contributed by atoms with van der Waals surface area (Å²) in [6, 6.07) is 12.8. The average Bonchev–Trinajstić information content (AvgIpc) is 2.62. The number of hydrogen-bond donors (Lipinski definition) is 1. The molecule has 2 aromatic carbocycles. The molecule has 0 bridgehead atoms. The monoisotopic (exact) mass is 372 g/mol. The van der Waals surface area contributed by atoms with Gasteiger partial charge in [0.1, 0.15) is 0 Å². The summed E-state index contributed by atoms with van der Waals surface area (Å²) in [6.07, 6.45) is 0.756. The maximum absolute atomic E-state index is 12.1. The van der Waals surface area contributed by atoms with Gasteiger partial charge in [-0.15, -0.1) is 0 Å². The molecule has 0 fully saturated rings. The van der Waals surface area contributed by atoms with Crippen LogP contribution in [0.3, 0.4) is 0 Å². The first kappa shape index (κ1) is 18.3. The van der Waals surface area contributed by atoms with Crippen LogP contribution in [0.1, 0.15) is 42.2 Å². The summed E-state index contributed by atoms with van der Waals surface area (Å²) in [6.45, 7) is 3.61. The summed E-state index contributed by atoms with van der Waals surface area (Å²) < 4.78 is 4.72. The van der Waals surface area contributed by atoms with Crippen molar-refractivity contribution in [3.63, 3.8) is 0 Å². The number of nitrogens with zero attached hydrogens (tertiary/aromatic N) is 1. The number of methoxy groups -OCH3 is 1. The van der Waals surface area contributed by atoms with E-state index < -0.39 is 0 Å². The molecule has 0 unspecified atom stereocenters. The van der Waals surface area contributed by atoms with Gasteiger partial charge in [0.25, 0.3) is 0 Å². The Labute approximate surface area is 157 Å². The maximum atomic E-state index is 12.1. The third-order valence-corrected chi connectivity index (χ3v) is 4.86. The van der Waals surface area contributed by atoms with Gasteiger partial charge < -0.3 is 15.0 Å². The molecule has 26 heavy (non-hydrogen) atoms. The number of fused-ring (bicyclic) bond motifs is 1. The van der Waals surface area contributed by atoms with Crippen LogP contribution in [-0.2, 0) is 9.53 Å². The minimum absolute atomic E-state index is 0.0123. The van der Waals surface area contributed by atoms with Gasteiger partial charge in [0.05, 0.1) is 18.7 Å². The molecule has 0 aliphatic carbocycles. The van der Waals surface area contributed by atoms with Crippen LogP contribution in [-0.4, -0.2) is 25.0 Å². The molecule has 5 nitrogen and oxygen atoms in total. The number of carbonyl (C=O) groups excluding carboxylic acids is 2. The van der Waals surface area contributed by atoms with Crippen LogP contribution in [0.2, 0.25) is 5.02 Å². The van der Waals surface area contributed by atoms with Gasteiger partial charge in [0, 0.05) is 29.4 Å². The largest absolute Gasteiger partial charge is 0.465 e. The first-order valence-corrected chi connectivity index (χ1v) is 8.82. The summed E-state index contributed by atoms with van der Waals surface area (Å²) in [5, 5.41) is 4.12. The highest BCUT2D eigenvalue weighted by molar-refractivity contribution is 6.30. The highest BCUT2D eigenvalue weighted by Gasteiger charge is 2.32. The van der Waals surface area contributed by atoms with E-state index in [9.17, 15) is 9.59 Å². The Morgan fingerprint density at radius 2 is 1.88 bits per heavy atom. The molecule has 1 aliphatic heterocycles. The zero-order valence-electron chi connectivity index (χ0n) is 15.0. The second kappa shape index (κ2) is 7.38. The quantitative estimate of drug-likeness (QED) is 0.810. The summed E-state index contributed by atoms with van der Waals surface area (Å²) >= 11 is 6.20. The Balaban J connectivity index is 1.91. The van der Waals surface area contributed by atoms with Crippen molar-refractivity contribution in [3.8, 4) is 0 Å². The van der Waals surface area contributed by atoms with E-state index in [0.29, 0.717) is 10.6 Å². The van der Waals surface area contributed by atoms with Crippen molar-refractivity contribution in [2.24, 2.45) is 0 Å². The van der Waals surface area contributed by atoms with E-state index in [-0.39, 0.29) is 24.0 Å². The van der Waals surface area contributed by atoms with Crippen LogP contribution in [0.5, 0.6) is 0 Å². The maximum Gasteiger partial charge on any atom is 0.337 e. The van der Waals surface area contributed by atoms with Gasteiger partial charge in [0.2, 0.25) is 5.91 Å². The number of halogens is 1. The highest BCUT2D eigenvalue weighted by atomic mass is 35.5. The van der Waals surface area contributed by atoms with Gasteiger partial charge >= 0.3 is 5.97 Å². The van der Waals surface area contributed by atoms with Gasteiger partial charge in [-0.1, -0.05) is 11.6 Å². The van der Waals surface area contributed by atoms with Crippen LogP contribution in [0.15, 0.2) is 42.5 Å². The number of amides is 1. The molecular formula is C20H21ClN2O3. The number of benzene rings is 2. The number of carbonyl (C=O) groups is 2. The minimum atomic E-state index is -0.364. The van der Waals surface area contributed by atoms with Crippen molar-refractivity contribution in [2.45, 2.75) is 32.4 Å². The standard InChI is InChI=1S/C20H21ClN2O3/c1-12-10-18(22-16-7-4-14(5-8-16)20(25)26-3)17-11-15(21)6-9-19(17)23(12)13(2)24/h4-9,11-12,18,22H,10H2,1-3H3/t12-,18+/m1/s1. The minimum Gasteiger partial charge on any atom is -0.465 e. The lowest BCUT2D eigenvalue weighted by atomic mass is 9.91. The van der Waals surface area contributed by atoms with Crippen molar-refractivity contribution in [1.29, 1.82) is 0 Å². The Hall–Kier alpha value is -2.53. The van der Waals surface area contributed by atoms with Gasteiger partial charge in [-0.2, -0.15) is 0 Å². The third-order valence-electron chi connectivity index (χ3n) is 4.63. The number of esters is 1. The van der Waals surface area contributed by atoms with Crippen molar-refractivity contribution < 1.29 is 14.3 Å². The number of rotatable bonds is 3. The Bertz CT molecular complexity index is 835. The normalized spacial score (nSPS) is 18.8. The predicted octanol–water partition coefficient (Wildman–Crippen LogP) is 4.42. The average molecular weight is 373 g/mol. The van der Waals surface area contributed by atoms with E-state index in [2.05, 4.69) is 5.32 Å². The van der Waals surface area contributed by atoms with Crippen LogP contribution in [0.4, 0.5) is 11.4 Å². The first-order chi connectivity index (χ1) is 12.4. The van der Waals surface area contributed by atoms with Crippen LogP contribution in [0.25, 0.3) is 0 Å². The zero-order chi connectivity index (χ0) is 18.8. The molecule has 1 aliphatic rings. The molecule has 1 heterocycles. The van der Waals surface area contributed by atoms with Gasteiger partial charge in [-0.05, 0) is 61.4 Å². The van der Waals surface area contributed by atoms with Crippen LogP contribution >= 0.6 is 11.6 Å². The van der Waals surface area contributed by atoms with Crippen LogP contribution < -0.4 is 10.2 Å². The Morgan fingerprint density at radius 1 is 1.19 bits per heavy atom. The molecule has 1 N–H and O–H groups in total. The van der Waals surface area contributed by atoms with Gasteiger partial charge in [-0.25, -0.2) is 4.79 Å². The smallest absolute Gasteiger partial charge is 0.337 e. The van der Waals surface area contributed by atoms with E-state index in [1.807, 2.05) is 36.1 Å². The van der Waals surface area contributed by atoms with Gasteiger partial charge in [-0.3, -0.25) is 4.79 Å². The highest BCUT2D eigenvalue weighted by Crippen LogP contribution is 2.40.